The molecule has 0 spiro atoms. The van der Waals surface area contributed by atoms with Gasteiger partial charge in [-0.3, -0.25) is 0 Å². The van der Waals surface area contributed by atoms with E-state index in [0.29, 0.717) is 0 Å². The second kappa shape index (κ2) is 3.08. The van der Waals surface area contributed by atoms with Gasteiger partial charge in [0.25, 0.3) is 0 Å². The van der Waals surface area contributed by atoms with Crippen molar-refractivity contribution in [3.05, 3.63) is 0 Å². The van der Waals surface area contributed by atoms with Gasteiger partial charge in [-0.1, -0.05) is 0 Å². The minimum atomic E-state index is -2.13. The Morgan fingerprint density at radius 2 is 1.80 bits per heavy atom. The van der Waals surface area contributed by atoms with Gasteiger partial charge in [-0.05, 0) is 0 Å². The second-order valence-electron chi connectivity index (χ2n) is 0.353. The van der Waals surface area contributed by atoms with Gasteiger partial charge in [0, 0.05) is 0 Å². The van der Waals surface area contributed by atoms with E-state index in [4.69, 9.17) is 0 Å². The van der Waals surface area contributed by atoms with E-state index in [2.05, 4.69) is 0 Å². The quantitative estimate of drug-likeness (QED) is 0.428. The van der Waals surface area contributed by atoms with E-state index in [1.807, 2.05) is 0 Å². The van der Waals surface area contributed by atoms with Crippen LogP contribution in [0.4, 0.5) is 0 Å². The Morgan fingerprint density at radius 3 is 1.80 bits per heavy atom. The first-order valence-electron chi connectivity index (χ1n) is 0.836. The third-order valence-electron chi connectivity index (χ3n) is 0.105. The Balaban J connectivity index is 3.23. The zero-order valence-electron chi connectivity index (χ0n) is 2.38. The van der Waals surface area contributed by atoms with Gasteiger partial charge in [0.05, 0.1) is 0 Å². The SMILES string of the molecule is O=P(=O)[S][Zn]. The van der Waals surface area contributed by atoms with Crippen LogP contribution in [-0.2, 0) is 26.2 Å². The number of hydrogen-bond acceptors (Lipinski definition) is 3. The molecule has 0 aliphatic rings. The maximum atomic E-state index is 9.40. The Hall–Kier alpha value is 0.873. The van der Waals surface area contributed by atoms with Gasteiger partial charge < -0.3 is 0 Å². The first-order valence-corrected chi connectivity index (χ1v) is 7.24. The third-order valence-corrected chi connectivity index (χ3v) is 4.93. The van der Waals surface area contributed by atoms with Crippen LogP contribution in [0.15, 0.2) is 0 Å². The van der Waals surface area contributed by atoms with Crippen LogP contribution in [0.2, 0.25) is 0 Å². The maximum absolute atomic E-state index is 9.40. The van der Waals surface area contributed by atoms with E-state index < -0.39 is 6.88 Å². The van der Waals surface area contributed by atoms with E-state index in [0.717, 1.165) is 26.5 Å². The Bertz CT molecular complexity index is 67.7. The fourth-order valence-corrected chi connectivity index (χ4v) is 0. The zero-order chi connectivity index (χ0) is 4.28. The third kappa shape index (κ3) is 4.87. The van der Waals surface area contributed by atoms with Crippen molar-refractivity contribution < 1.29 is 26.2 Å². The summed E-state index contributed by atoms with van der Waals surface area (Å²) in [6, 6.07) is 0. The molecule has 0 aromatic carbocycles. The van der Waals surface area contributed by atoms with Crippen LogP contribution in [0.25, 0.3) is 0 Å². The Labute approximate surface area is 42.8 Å². The van der Waals surface area contributed by atoms with E-state index in [1.54, 1.807) is 0 Å². The Morgan fingerprint density at radius 1 is 1.60 bits per heavy atom. The van der Waals surface area contributed by atoms with Gasteiger partial charge in [0.2, 0.25) is 0 Å². The van der Waals surface area contributed by atoms with Crippen molar-refractivity contribution in [1.82, 2.24) is 0 Å². The van der Waals surface area contributed by atoms with Gasteiger partial charge >= 0.3 is 42.5 Å². The molecule has 0 radical (unpaired) electrons. The van der Waals surface area contributed by atoms with Gasteiger partial charge in [-0.25, -0.2) is 0 Å². The van der Waals surface area contributed by atoms with Crippen molar-refractivity contribution in [2.75, 3.05) is 0 Å². The molecule has 0 aromatic heterocycles. The molecule has 0 N–H and O–H groups in total. The summed E-state index contributed by atoms with van der Waals surface area (Å²) in [5, 5.41) is 0. The predicted molar refractivity (Wildman–Crippen MR) is 15.9 cm³/mol. The van der Waals surface area contributed by atoms with Crippen LogP contribution < -0.4 is 0 Å². The van der Waals surface area contributed by atoms with Crippen LogP contribution in [0.1, 0.15) is 0 Å². The van der Waals surface area contributed by atoms with Crippen molar-refractivity contribution in [3.8, 4) is 0 Å². The molecule has 0 bridgehead atoms. The average Bonchev–Trinajstić information content (AvgIpc) is 1.38. The topological polar surface area (TPSA) is 34.1 Å². The first kappa shape index (κ1) is 5.87. The minimum absolute atomic E-state index is 0.776. The number of rotatable bonds is 1. The van der Waals surface area contributed by atoms with E-state index in [-0.39, 0.29) is 0 Å². The molecule has 25 valence electrons. The molecule has 5 heavy (non-hydrogen) atoms. The molecule has 2 nitrogen and oxygen atoms in total. The molecule has 0 aliphatic carbocycles. The molecule has 5 heteroatoms. The fourth-order valence-electron chi connectivity index (χ4n) is 0. The van der Waals surface area contributed by atoms with E-state index in [9.17, 15) is 9.13 Å². The molecule has 0 atom stereocenters. The van der Waals surface area contributed by atoms with Gasteiger partial charge in [0.1, 0.15) is 0 Å². The van der Waals surface area contributed by atoms with Crippen LogP contribution in [0.5, 0.6) is 0 Å². The van der Waals surface area contributed by atoms with Crippen molar-refractivity contribution in [3.63, 3.8) is 0 Å². The van der Waals surface area contributed by atoms with Crippen molar-refractivity contribution >= 4 is 16.3 Å². The van der Waals surface area contributed by atoms with Crippen LogP contribution in [0, 0.1) is 0 Å². The fraction of sp³-hybridized carbons (Fsp3) is 0. The molecule has 0 saturated carbocycles. The van der Waals surface area contributed by atoms with Gasteiger partial charge in [-0.15, -0.1) is 0 Å². The summed E-state index contributed by atoms with van der Waals surface area (Å²) in [4.78, 5) is 0. The molecule has 0 heterocycles. The average molecular weight is 160 g/mol. The van der Waals surface area contributed by atoms with Crippen molar-refractivity contribution in [2.24, 2.45) is 0 Å². The van der Waals surface area contributed by atoms with E-state index >= 15 is 0 Å². The summed E-state index contributed by atoms with van der Waals surface area (Å²) in [7, 11) is 0.958. The standard InChI is InChI=1S/HO2PS.Zn/c1-3(2)4;/h(H,1,2,4);/q;+1/p-1. The monoisotopic (exact) mass is 159 g/mol. The molecular weight excluding hydrogens is 160 g/mol. The number of hydrogen-bond donors (Lipinski definition) is 0. The summed E-state index contributed by atoms with van der Waals surface area (Å²) in [6.07, 6.45) is 0. The molecule has 0 fully saturated rings. The summed E-state index contributed by atoms with van der Waals surface area (Å²) < 4.78 is 18.8. The molecular formula is O2PSZn. The van der Waals surface area contributed by atoms with Gasteiger partial charge in [-0.2, -0.15) is 0 Å². The Kier molecular flexibility index (Phi) is 3.62. The van der Waals surface area contributed by atoms with E-state index in [1.165, 1.54) is 0 Å². The molecule has 0 aromatic rings. The van der Waals surface area contributed by atoms with Crippen LogP contribution in [-0.4, -0.2) is 0 Å². The van der Waals surface area contributed by atoms with Crippen LogP contribution >= 0.6 is 16.3 Å². The van der Waals surface area contributed by atoms with Crippen LogP contribution in [0.3, 0.4) is 0 Å². The molecule has 0 rings (SSSR count). The molecule has 0 aliphatic heterocycles. The molecule has 0 saturated heterocycles. The second-order valence-corrected chi connectivity index (χ2v) is 7.60. The van der Waals surface area contributed by atoms with Gasteiger partial charge in [0.15, 0.2) is 0 Å². The zero-order valence-corrected chi connectivity index (χ0v) is 7.06. The van der Waals surface area contributed by atoms with Crippen molar-refractivity contribution in [2.45, 2.75) is 0 Å². The predicted octanol–water partition coefficient (Wildman–Crippen LogP) is 1.27. The summed E-state index contributed by atoms with van der Waals surface area (Å²) in [6.45, 7) is -2.13. The molecule has 0 unspecified atom stereocenters. The summed E-state index contributed by atoms with van der Waals surface area (Å²) >= 11 is 0.776. The summed E-state index contributed by atoms with van der Waals surface area (Å²) in [5.74, 6) is 0. The van der Waals surface area contributed by atoms with Crippen molar-refractivity contribution in [1.29, 1.82) is 0 Å². The molecule has 0 amide bonds. The first-order chi connectivity index (χ1) is 2.27. The summed E-state index contributed by atoms with van der Waals surface area (Å²) in [5.41, 5.74) is 0. The normalized spacial score (nSPS) is 7.60.